The van der Waals surface area contributed by atoms with Gasteiger partial charge in [0.05, 0.1) is 18.0 Å². The lowest BCUT2D eigenvalue weighted by Gasteiger charge is -2.63. The van der Waals surface area contributed by atoms with E-state index in [1.165, 1.54) is 17.9 Å². The molecule has 0 unspecified atom stereocenters. The molecule has 2 N–H and O–H groups in total. The van der Waals surface area contributed by atoms with Crippen LogP contribution < -0.4 is 5.63 Å². The van der Waals surface area contributed by atoms with Crippen molar-refractivity contribution in [1.82, 2.24) is 0 Å². The van der Waals surface area contributed by atoms with Gasteiger partial charge in [0.2, 0.25) is 0 Å². The number of carbonyl (C=O) groups is 1. The van der Waals surface area contributed by atoms with Gasteiger partial charge in [-0.2, -0.15) is 0 Å². The Labute approximate surface area is 170 Å². The standard InChI is InChI=1S/C24H30O5/c1-22-9-7-16(25)11-15(22)4-5-18-19(22)12-20(26)23(2)17(8-10-24(18,23)28)14-3-6-21(27)29-13-14/h3,6,11,13,17-20,26,28H,4-5,7-10,12H2,1-2H3/t17-,18-,19+,20-,22+,23+,24+/m1/s1. The molecule has 29 heavy (non-hydrogen) atoms. The quantitative estimate of drug-likeness (QED) is 0.758. The molecule has 0 radical (unpaired) electrons. The third-order valence-electron chi connectivity index (χ3n) is 9.37. The van der Waals surface area contributed by atoms with Crippen LogP contribution >= 0.6 is 0 Å². The fourth-order valence-corrected chi connectivity index (χ4v) is 7.61. The van der Waals surface area contributed by atoms with E-state index in [2.05, 4.69) is 6.92 Å². The number of aliphatic hydroxyl groups excluding tert-OH is 1. The van der Waals surface area contributed by atoms with Crippen molar-refractivity contribution in [3.8, 4) is 0 Å². The Morgan fingerprint density at radius 2 is 1.86 bits per heavy atom. The van der Waals surface area contributed by atoms with Gasteiger partial charge in [-0.1, -0.05) is 19.4 Å². The first-order chi connectivity index (χ1) is 13.7. The Kier molecular flexibility index (Phi) is 4.08. The molecule has 1 aromatic heterocycles. The maximum absolute atomic E-state index is 12.1. The van der Waals surface area contributed by atoms with E-state index in [-0.39, 0.29) is 34.6 Å². The lowest BCUT2D eigenvalue weighted by molar-refractivity contribution is -0.221. The number of aliphatic hydroxyl groups is 2. The van der Waals surface area contributed by atoms with Gasteiger partial charge in [0, 0.05) is 17.9 Å². The van der Waals surface area contributed by atoms with Gasteiger partial charge in [0.15, 0.2) is 5.78 Å². The van der Waals surface area contributed by atoms with Crippen molar-refractivity contribution in [1.29, 1.82) is 0 Å². The van der Waals surface area contributed by atoms with Crippen LogP contribution in [0.1, 0.15) is 70.3 Å². The van der Waals surface area contributed by atoms with Gasteiger partial charge in [0.1, 0.15) is 0 Å². The molecule has 7 atom stereocenters. The summed E-state index contributed by atoms with van der Waals surface area (Å²) in [4.78, 5) is 23.4. The van der Waals surface area contributed by atoms with Gasteiger partial charge in [0.25, 0.3) is 0 Å². The molecule has 5 heteroatoms. The molecule has 1 aromatic rings. The highest BCUT2D eigenvalue weighted by Gasteiger charge is 2.69. The van der Waals surface area contributed by atoms with Gasteiger partial charge in [-0.3, -0.25) is 4.79 Å². The van der Waals surface area contributed by atoms with Crippen molar-refractivity contribution < 1.29 is 19.4 Å². The predicted molar refractivity (Wildman–Crippen MR) is 107 cm³/mol. The third-order valence-corrected chi connectivity index (χ3v) is 9.37. The Hall–Kier alpha value is -1.72. The lowest BCUT2D eigenvalue weighted by atomic mass is 9.44. The fourth-order valence-electron chi connectivity index (χ4n) is 7.61. The lowest BCUT2D eigenvalue weighted by Crippen LogP contribution is -2.65. The summed E-state index contributed by atoms with van der Waals surface area (Å²) in [6, 6.07) is 3.20. The molecule has 4 aliphatic carbocycles. The summed E-state index contributed by atoms with van der Waals surface area (Å²) < 4.78 is 5.11. The molecule has 5 rings (SSSR count). The fraction of sp³-hybridized carbons (Fsp3) is 0.667. The second-order valence-corrected chi connectivity index (χ2v) is 10.2. The number of hydrogen-bond donors (Lipinski definition) is 2. The van der Waals surface area contributed by atoms with Crippen molar-refractivity contribution in [3.63, 3.8) is 0 Å². The van der Waals surface area contributed by atoms with E-state index in [0.29, 0.717) is 19.3 Å². The zero-order valence-electron chi connectivity index (χ0n) is 17.2. The van der Waals surface area contributed by atoms with Crippen LogP contribution in [0.4, 0.5) is 0 Å². The molecule has 4 aliphatic rings. The van der Waals surface area contributed by atoms with E-state index < -0.39 is 17.1 Å². The van der Waals surface area contributed by atoms with E-state index in [9.17, 15) is 19.8 Å². The molecule has 1 heterocycles. The highest BCUT2D eigenvalue weighted by molar-refractivity contribution is 5.91. The summed E-state index contributed by atoms with van der Waals surface area (Å²) >= 11 is 0. The van der Waals surface area contributed by atoms with Gasteiger partial charge in [-0.15, -0.1) is 0 Å². The van der Waals surface area contributed by atoms with Crippen molar-refractivity contribution in [2.75, 3.05) is 0 Å². The monoisotopic (exact) mass is 398 g/mol. The second-order valence-electron chi connectivity index (χ2n) is 10.2. The minimum Gasteiger partial charge on any atom is -0.431 e. The summed E-state index contributed by atoms with van der Waals surface area (Å²) in [5, 5.41) is 23.6. The van der Waals surface area contributed by atoms with E-state index in [1.807, 2.05) is 13.0 Å². The molecule has 0 amide bonds. The molecule has 0 saturated heterocycles. The van der Waals surface area contributed by atoms with Gasteiger partial charge < -0.3 is 14.6 Å². The van der Waals surface area contributed by atoms with Crippen LogP contribution in [0.5, 0.6) is 0 Å². The highest BCUT2D eigenvalue weighted by atomic mass is 16.4. The van der Waals surface area contributed by atoms with Gasteiger partial charge >= 0.3 is 5.63 Å². The zero-order chi connectivity index (χ0) is 20.6. The van der Waals surface area contributed by atoms with Crippen LogP contribution in [0, 0.1) is 22.7 Å². The highest BCUT2D eigenvalue weighted by Crippen LogP contribution is 2.69. The average Bonchev–Trinajstić information content (AvgIpc) is 2.97. The van der Waals surface area contributed by atoms with E-state index in [4.69, 9.17) is 4.42 Å². The molecule has 0 aliphatic heterocycles. The number of rotatable bonds is 1. The van der Waals surface area contributed by atoms with Gasteiger partial charge in [-0.05, 0) is 79.4 Å². The molecular weight excluding hydrogens is 368 g/mol. The topological polar surface area (TPSA) is 87.7 Å². The van der Waals surface area contributed by atoms with Crippen LogP contribution in [-0.2, 0) is 4.79 Å². The Balaban J connectivity index is 1.56. The largest absolute Gasteiger partial charge is 0.431 e. The molecule has 156 valence electrons. The number of fused-ring (bicyclic) bond motifs is 5. The van der Waals surface area contributed by atoms with Crippen LogP contribution in [-0.4, -0.2) is 27.7 Å². The molecule has 3 saturated carbocycles. The van der Waals surface area contributed by atoms with Crippen LogP contribution in [0.3, 0.4) is 0 Å². The van der Waals surface area contributed by atoms with Crippen molar-refractivity contribution in [2.45, 2.75) is 76.4 Å². The zero-order valence-corrected chi connectivity index (χ0v) is 17.2. The predicted octanol–water partition coefficient (Wildman–Crippen LogP) is 3.34. The van der Waals surface area contributed by atoms with Crippen LogP contribution in [0.15, 0.2) is 39.3 Å². The molecule has 5 nitrogen and oxygen atoms in total. The molecule has 0 bridgehead atoms. The summed E-state index contributed by atoms with van der Waals surface area (Å²) in [6.45, 7) is 4.26. The summed E-state index contributed by atoms with van der Waals surface area (Å²) in [6.07, 6.45) is 7.80. The molecule has 3 fully saturated rings. The Morgan fingerprint density at radius 1 is 1.07 bits per heavy atom. The number of carbonyl (C=O) groups excluding carboxylic acids is 1. The van der Waals surface area contributed by atoms with Crippen molar-refractivity contribution in [2.24, 2.45) is 22.7 Å². The second kappa shape index (κ2) is 6.14. The van der Waals surface area contributed by atoms with E-state index in [1.54, 1.807) is 6.07 Å². The average molecular weight is 398 g/mol. The smallest absolute Gasteiger partial charge is 0.335 e. The minimum absolute atomic E-state index is 0.0505. The third kappa shape index (κ3) is 2.40. The van der Waals surface area contributed by atoms with Gasteiger partial charge in [-0.25, -0.2) is 4.79 Å². The Morgan fingerprint density at radius 3 is 2.59 bits per heavy atom. The van der Waals surface area contributed by atoms with E-state index >= 15 is 0 Å². The first kappa shape index (κ1) is 19.3. The van der Waals surface area contributed by atoms with Crippen LogP contribution in [0.25, 0.3) is 0 Å². The molecule has 0 aromatic carbocycles. The number of allylic oxidation sites excluding steroid dienone is 1. The molecule has 0 spiro atoms. The van der Waals surface area contributed by atoms with Crippen molar-refractivity contribution >= 4 is 5.78 Å². The first-order valence-corrected chi connectivity index (χ1v) is 10.9. The summed E-state index contributed by atoms with van der Waals surface area (Å²) in [5.74, 6) is 0.441. The van der Waals surface area contributed by atoms with Crippen LogP contribution in [0.2, 0.25) is 0 Å². The Bertz CT molecular complexity index is 926. The minimum atomic E-state index is -0.966. The van der Waals surface area contributed by atoms with Crippen molar-refractivity contribution in [3.05, 3.63) is 46.0 Å². The maximum Gasteiger partial charge on any atom is 0.335 e. The number of hydrogen-bond acceptors (Lipinski definition) is 5. The van der Waals surface area contributed by atoms with E-state index in [0.717, 1.165) is 31.2 Å². The normalized spacial score (nSPS) is 46.5. The first-order valence-electron chi connectivity index (χ1n) is 10.9. The molecular formula is C24H30O5. The summed E-state index contributed by atoms with van der Waals surface area (Å²) in [5.41, 5.74) is -0.0580. The summed E-state index contributed by atoms with van der Waals surface area (Å²) in [7, 11) is 0. The maximum atomic E-state index is 12.1. The number of ketones is 1. The SMILES string of the molecule is C[C@]12[C@H](O)C[C@H]3[C@@H](CCC4=CC(=O)CC[C@@]43C)[C@@]1(O)CC[C@@H]2c1ccc(=O)oc1.